The number of nitrogens with one attached hydrogen (secondary N) is 1. The molecule has 1 aliphatic heterocycles. The Balaban J connectivity index is 1.64. The molecule has 3 heterocycles. The summed E-state index contributed by atoms with van der Waals surface area (Å²) >= 11 is 1.44. The number of furan rings is 1. The largest absolute Gasteiger partial charge is 0.457 e. The van der Waals surface area contributed by atoms with Gasteiger partial charge in [-0.1, -0.05) is 55.0 Å². The Morgan fingerprint density at radius 2 is 1.70 bits per heavy atom. The Hall–Kier alpha value is -2.89. The van der Waals surface area contributed by atoms with Gasteiger partial charge in [0.2, 0.25) is 0 Å². The third-order valence-corrected chi connectivity index (χ3v) is 6.59. The molecule has 2 aromatic heterocycles. The van der Waals surface area contributed by atoms with Gasteiger partial charge in [-0.25, -0.2) is 0 Å². The molecular weight excluding hydrogens is 392 g/mol. The zero-order chi connectivity index (χ0) is 20.3. The van der Waals surface area contributed by atoms with E-state index in [1.807, 2.05) is 47.8 Å². The van der Waals surface area contributed by atoms with E-state index in [1.165, 1.54) is 36.2 Å². The Morgan fingerprint density at radius 1 is 0.933 bits per heavy atom. The lowest BCUT2D eigenvalue weighted by Gasteiger charge is -2.34. The predicted octanol–water partition coefficient (Wildman–Crippen LogP) is 6.32. The van der Waals surface area contributed by atoms with Crippen molar-refractivity contribution in [1.82, 2.24) is 4.90 Å². The highest BCUT2D eigenvalue weighted by molar-refractivity contribution is 7.12. The van der Waals surface area contributed by atoms with Crippen molar-refractivity contribution in [2.24, 2.45) is 0 Å². The molecule has 0 saturated carbocycles. The van der Waals surface area contributed by atoms with Crippen LogP contribution in [0, 0.1) is 0 Å². The summed E-state index contributed by atoms with van der Waals surface area (Å²) in [6, 6.07) is 22.1. The molecular formula is C25H24N2O2S. The number of para-hydroxylation sites is 1. The number of nitrogens with zero attached hydrogens (tertiary/aromatic N) is 1. The monoisotopic (exact) mass is 416 g/mol. The molecule has 4 nitrogen and oxygen atoms in total. The van der Waals surface area contributed by atoms with Crippen LogP contribution in [-0.2, 0) is 0 Å². The van der Waals surface area contributed by atoms with Crippen molar-refractivity contribution in [3.8, 4) is 0 Å². The number of fused-ring (bicyclic) bond motifs is 1. The molecule has 152 valence electrons. The average Bonchev–Trinajstić information content (AvgIpc) is 3.45. The minimum absolute atomic E-state index is 0.0301. The molecule has 4 aromatic rings. The van der Waals surface area contributed by atoms with Gasteiger partial charge in [0.05, 0.1) is 16.6 Å². The second-order valence-electron chi connectivity index (χ2n) is 7.68. The first-order chi connectivity index (χ1) is 14.8. The zero-order valence-electron chi connectivity index (χ0n) is 16.7. The van der Waals surface area contributed by atoms with E-state index in [0.29, 0.717) is 4.88 Å². The highest BCUT2D eigenvalue weighted by Crippen LogP contribution is 2.41. The topological polar surface area (TPSA) is 45.5 Å². The summed E-state index contributed by atoms with van der Waals surface area (Å²) < 4.78 is 6.43. The van der Waals surface area contributed by atoms with E-state index >= 15 is 0 Å². The summed E-state index contributed by atoms with van der Waals surface area (Å²) in [6.07, 6.45) is 3.63. The van der Waals surface area contributed by atoms with Crippen LogP contribution in [0.15, 0.2) is 76.5 Å². The number of piperidine rings is 1. The minimum Gasteiger partial charge on any atom is -0.457 e. The fourth-order valence-electron chi connectivity index (χ4n) is 4.31. The maximum atomic E-state index is 12.9. The fourth-order valence-corrected chi connectivity index (χ4v) is 4.93. The maximum Gasteiger partial charge on any atom is 0.265 e. The molecule has 5 heteroatoms. The summed E-state index contributed by atoms with van der Waals surface area (Å²) in [4.78, 5) is 16.1. The van der Waals surface area contributed by atoms with Crippen molar-refractivity contribution >= 4 is 33.9 Å². The Bertz CT molecular complexity index is 1130. The molecule has 0 radical (unpaired) electrons. The zero-order valence-corrected chi connectivity index (χ0v) is 17.5. The minimum atomic E-state index is -0.0942. The normalized spacial score (nSPS) is 15.9. The highest BCUT2D eigenvalue weighted by atomic mass is 32.1. The van der Waals surface area contributed by atoms with E-state index in [9.17, 15) is 4.79 Å². The third-order valence-electron chi connectivity index (χ3n) is 5.73. The molecule has 1 saturated heterocycles. The lowest BCUT2D eigenvalue weighted by Crippen LogP contribution is -2.34. The molecule has 1 atom stereocenters. The average molecular weight is 417 g/mol. The smallest absolute Gasteiger partial charge is 0.265 e. The van der Waals surface area contributed by atoms with Crippen molar-refractivity contribution in [1.29, 1.82) is 0 Å². The van der Waals surface area contributed by atoms with Gasteiger partial charge in [-0.3, -0.25) is 9.69 Å². The lowest BCUT2D eigenvalue weighted by molar-refractivity contribution is 0.102. The molecule has 1 aliphatic rings. The van der Waals surface area contributed by atoms with Gasteiger partial charge < -0.3 is 9.73 Å². The number of anilines is 1. The number of carbonyl (C=O) groups is 1. The predicted molar refractivity (Wildman–Crippen MR) is 122 cm³/mol. The number of thiophene rings is 1. The van der Waals surface area contributed by atoms with E-state index in [0.717, 1.165) is 35.5 Å². The third kappa shape index (κ3) is 3.66. The van der Waals surface area contributed by atoms with Crippen molar-refractivity contribution in [3.05, 3.63) is 88.3 Å². The van der Waals surface area contributed by atoms with Crippen molar-refractivity contribution < 1.29 is 9.21 Å². The van der Waals surface area contributed by atoms with Crippen LogP contribution in [0.1, 0.15) is 46.3 Å². The van der Waals surface area contributed by atoms with Gasteiger partial charge in [-0.05, 0) is 55.1 Å². The fraction of sp³-hybridized carbons (Fsp3) is 0.240. The SMILES string of the molecule is O=C(Nc1c([C@@H](c2ccccc2)N2CCCCC2)oc2ccccc12)c1cccs1. The highest BCUT2D eigenvalue weighted by Gasteiger charge is 2.31. The van der Waals surface area contributed by atoms with Crippen LogP contribution in [0.25, 0.3) is 11.0 Å². The van der Waals surface area contributed by atoms with Gasteiger partial charge in [-0.2, -0.15) is 0 Å². The van der Waals surface area contributed by atoms with Gasteiger partial charge in [0, 0.05) is 5.39 Å². The van der Waals surface area contributed by atoms with Gasteiger partial charge in [0.1, 0.15) is 11.3 Å². The molecule has 1 N–H and O–H groups in total. The standard InChI is InChI=1S/C25H24N2O2S/c28-25(21-14-9-17-30-21)26-22-19-12-5-6-13-20(19)29-24(22)23(18-10-3-1-4-11-18)27-15-7-2-8-16-27/h1,3-6,9-14,17,23H,2,7-8,15-16H2,(H,26,28)/t23-/m1/s1. The number of hydrogen-bond donors (Lipinski definition) is 1. The summed E-state index contributed by atoms with van der Waals surface area (Å²) in [5.41, 5.74) is 2.76. The molecule has 1 fully saturated rings. The van der Waals surface area contributed by atoms with Crippen molar-refractivity contribution in [3.63, 3.8) is 0 Å². The number of amides is 1. The van der Waals surface area contributed by atoms with E-state index in [-0.39, 0.29) is 11.9 Å². The van der Waals surface area contributed by atoms with Crippen LogP contribution in [0.5, 0.6) is 0 Å². The number of carbonyl (C=O) groups excluding carboxylic acids is 1. The number of rotatable bonds is 5. The van der Waals surface area contributed by atoms with Crippen LogP contribution in [0.3, 0.4) is 0 Å². The quantitative estimate of drug-likeness (QED) is 0.414. The van der Waals surface area contributed by atoms with Crippen LogP contribution in [-0.4, -0.2) is 23.9 Å². The van der Waals surface area contributed by atoms with E-state index in [2.05, 4.69) is 34.5 Å². The maximum absolute atomic E-state index is 12.9. The second kappa shape index (κ2) is 8.46. The van der Waals surface area contributed by atoms with Crippen LogP contribution in [0.2, 0.25) is 0 Å². The van der Waals surface area contributed by atoms with Gasteiger partial charge in [-0.15, -0.1) is 11.3 Å². The Morgan fingerprint density at radius 3 is 2.47 bits per heavy atom. The molecule has 0 aliphatic carbocycles. The first-order valence-corrected chi connectivity index (χ1v) is 11.3. The molecule has 2 aromatic carbocycles. The first-order valence-electron chi connectivity index (χ1n) is 10.5. The van der Waals surface area contributed by atoms with Gasteiger partial charge in [0.25, 0.3) is 5.91 Å². The summed E-state index contributed by atoms with van der Waals surface area (Å²) in [6.45, 7) is 2.05. The summed E-state index contributed by atoms with van der Waals surface area (Å²) in [5, 5.41) is 6.04. The lowest BCUT2D eigenvalue weighted by atomic mass is 9.98. The number of benzene rings is 2. The number of hydrogen-bond acceptors (Lipinski definition) is 4. The summed E-state index contributed by atoms with van der Waals surface area (Å²) in [7, 11) is 0. The van der Waals surface area contributed by atoms with E-state index < -0.39 is 0 Å². The number of likely N-dealkylation sites (tertiary alicyclic amines) is 1. The van der Waals surface area contributed by atoms with Gasteiger partial charge in [0.15, 0.2) is 0 Å². The van der Waals surface area contributed by atoms with Crippen molar-refractivity contribution in [2.75, 3.05) is 18.4 Å². The summed E-state index contributed by atoms with van der Waals surface area (Å²) in [5.74, 6) is 0.720. The molecule has 0 spiro atoms. The van der Waals surface area contributed by atoms with Crippen LogP contribution in [0.4, 0.5) is 5.69 Å². The van der Waals surface area contributed by atoms with E-state index in [4.69, 9.17) is 4.42 Å². The second-order valence-corrected chi connectivity index (χ2v) is 8.63. The van der Waals surface area contributed by atoms with Crippen LogP contribution >= 0.6 is 11.3 Å². The first kappa shape index (κ1) is 19.1. The van der Waals surface area contributed by atoms with Crippen LogP contribution < -0.4 is 5.32 Å². The molecule has 1 amide bonds. The van der Waals surface area contributed by atoms with E-state index in [1.54, 1.807) is 0 Å². The molecule has 30 heavy (non-hydrogen) atoms. The van der Waals surface area contributed by atoms with Gasteiger partial charge >= 0.3 is 0 Å². The Labute approximate surface area is 180 Å². The molecule has 0 unspecified atom stereocenters. The molecule has 5 rings (SSSR count). The molecule has 0 bridgehead atoms. The van der Waals surface area contributed by atoms with Crippen molar-refractivity contribution in [2.45, 2.75) is 25.3 Å². The Kier molecular flexibility index (Phi) is 5.39.